The molecule has 0 unspecified atom stereocenters. The molecule has 1 N–H and O–H groups in total. The number of hydrogen-bond donors (Lipinski definition) is 1. The quantitative estimate of drug-likeness (QED) is 0.450. The molecule has 0 aliphatic carbocycles. The number of rotatable bonds is 6. The average Bonchev–Trinajstić information content (AvgIpc) is 3.33. The van der Waals surface area contributed by atoms with Crippen molar-refractivity contribution in [1.29, 1.82) is 0 Å². The predicted octanol–water partition coefficient (Wildman–Crippen LogP) is 2.64. The first-order chi connectivity index (χ1) is 17.5. The third kappa shape index (κ3) is 4.85. The summed E-state index contributed by atoms with van der Waals surface area (Å²) in [7, 11) is -2.72. The number of fused-ring (bicyclic) bond motifs is 1. The molecule has 5 rings (SSSR count). The Morgan fingerprint density at radius 2 is 1.51 bits per heavy atom. The fourth-order valence-electron chi connectivity index (χ4n) is 5.61. The van der Waals surface area contributed by atoms with Crippen LogP contribution < -0.4 is 21.6 Å². The van der Waals surface area contributed by atoms with Crippen LogP contribution in [0.2, 0.25) is 9.85 Å². The normalized spacial score (nSPS) is 25.2. The van der Waals surface area contributed by atoms with E-state index < -0.39 is 25.4 Å². The van der Waals surface area contributed by atoms with Crippen molar-refractivity contribution in [2.45, 2.75) is 67.4 Å². The van der Waals surface area contributed by atoms with E-state index in [0.29, 0.717) is 6.61 Å². The summed E-state index contributed by atoms with van der Waals surface area (Å²) in [6.45, 7) is 11.1. The SMILES string of the molecule is CC1(C)O[C@@H]2[C@H](O1)[C@@H](CO[Si](c1ccccc1)(c1ccccc1)C(C)(C)C)[Se][C@H]2n1ccc(=O)[nH]c1=O. The molecule has 2 aliphatic rings. The summed E-state index contributed by atoms with van der Waals surface area (Å²) in [5.74, 6) is -0.758. The minimum atomic E-state index is -2.72. The summed E-state index contributed by atoms with van der Waals surface area (Å²) in [6.07, 6.45) is 1.09. The van der Waals surface area contributed by atoms with E-state index in [1.165, 1.54) is 16.4 Å². The Labute approximate surface area is 224 Å². The summed E-state index contributed by atoms with van der Waals surface area (Å²) in [5.41, 5.74) is -0.821. The van der Waals surface area contributed by atoms with Gasteiger partial charge >= 0.3 is 225 Å². The van der Waals surface area contributed by atoms with E-state index in [1.807, 2.05) is 26.0 Å². The van der Waals surface area contributed by atoms with Crippen LogP contribution in [-0.4, -0.2) is 57.4 Å². The van der Waals surface area contributed by atoms with Gasteiger partial charge in [-0.3, -0.25) is 0 Å². The number of aromatic amines is 1. The van der Waals surface area contributed by atoms with Gasteiger partial charge in [-0.2, -0.15) is 0 Å². The van der Waals surface area contributed by atoms with Crippen molar-refractivity contribution in [2.75, 3.05) is 6.61 Å². The number of nitrogens with zero attached hydrogens (tertiary/aromatic N) is 1. The molecule has 0 radical (unpaired) electrons. The number of hydrogen-bond acceptors (Lipinski definition) is 5. The maximum atomic E-state index is 12.7. The van der Waals surface area contributed by atoms with Gasteiger partial charge in [0, 0.05) is 0 Å². The molecule has 0 saturated carbocycles. The number of aromatic nitrogens is 2. The van der Waals surface area contributed by atoms with Gasteiger partial charge in [0.25, 0.3) is 0 Å². The van der Waals surface area contributed by atoms with Gasteiger partial charge in [-0.1, -0.05) is 0 Å². The molecule has 0 amide bonds. The third-order valence-electron chi connectivity index (χ3n) is 7.13. The second kappa shape index (κ2) is 9.80. The van der Waals surface area contributed by atoms with Gasteiger partial charge in [0.2, 0.25) is 0 Å². The summed E-state index contributed by atoms with van der Waals surface area (Å²) in [6, 6.07) is 22.6. The zero-order valence-corrected chi connectivity index (χ0v) is 24.6. The molecule has 0 bridgehead atoms. The van der Waals surface area contributed by atoms with Gasteiger partial charge in [-0.25, -0.2) is 0 Å². The van der Waals surface area contributed by atoms with Crippen molar-refractivity contribution in [1.82, 2.24) is 9.55 Å². The number of nitrogens with one attached hydrogen (secondary N) is 1. The first-order valence-electron chi connectivity index (χ1n) is 12.6. The number of H-pyrrole nitrogens is 1. The number of benzene rings is 2. The fourth-order valence-corrected chi connectivity index (χ4v) is 13.7. The molecule has 37 heavy (non-hydrogen) atoms. The van der Waals surface area contributed by atoms with Crippen LogP contribution in [0.25, 0.3) is 0 Å². The zero-order valence-electron chi connectivity index (χ0n) is 21.8. The van der Waals surface area contributed by atoms with Crippen LogP contribution in [0.4, 0.5) is 0 Å². The van der Waals surface area contributed by atoms with Gasteiger partial charge in [0.05, 0.1) is 0 Å². The van der Waals surface area contributed by atoms with Crippen LogP contribution in [0.1, 0.15) is 39.6 Å². The Morgan fingerprint density at radius 1 is 0.946 bits per heavy atom. The van der Waals surface area contributed by atoms with Crippen molar-refractivity contribution < 1.29 is 13.9 Å². The summed E-state index contributed by atoms with van der Waals surface area (Å²) in [5, 5.41) is 2.32. The third-order valence-corrected chi connectivity index (χ3v) is 15.3. The van der Waals surface area contributed by atoms with Crippen molar-refractivity contribution in [3.63, 3.8) is 0 Å². The van der Waals surface area contributed by atoms with Crippen LogP contribution in [0.5, 0.6) is 0 Å². The molecule has 7 nitrogen and oxygen atoms in total. The van der Waals surface area contributed by atoms with Crippen molar-refractivity contribution in [3.05, 3.63) is 93.8 Å². The molecule has 2 aromatic carbocycles. The fraction of sp³-hybridized carbons (Fsp3) is 0.429. The van der Waals surface area contributed by atoms with Crippen molar-refractivity contribution in [2.24, 2.45) is 0 Å². The Morgan fingerprint density at radius 3 is 2.05 bits per heavy atom. The second-order valence-corrected chi connectivity index (χ2v) is 18.3. The van der Waals surface area contributed by atoms with E-state index in [2.05, 4.69) is 74.3 Å². The molecule has 1 aromatic heterocycles. The Kier molecular flexibility index (Phi) is 6.98. The standard InChI is InChI=1S/C28H34N2O5SeSi/c1-27(2,3)37(19-12-8-6-9-13-19,20-14-10-7-11-15-20)33-18-21-23-24(35-28(4,5)34-23)25(36-21)30-17-16-22(31)29-26(30)32/h6-17,21,23-25H,18H2,1-5H3,(H,29,31,32)/t21-,23-,24-,25-/m1/s1. The van der Waals surface area contributed by atoms with E-state index in [0.717, 1.165) is 0 Å². The van der Waals surface area contributed by atoms with E-state index in [1.54, 1.807) is 10.8 Å². The molecule has 4 atom stereocenters. The van der Waals surface area contributed by atoms with E-state index in [-0.39, 0.29) is 42.0 Å². The molecule has 3 heterocycles. The molecule has 2 saturated heterocycles. The molecular weight excluding hydrogens is 551 g/mol. The summed E-state index contributed by atoms with van der Waals surface area (Å²) >= 11 is -0.0701. The van der Waals surface area contributed by atoms with Crippen molar-refractivity contribution in [3.8, 4) is 0 Å². The van der Waals surface area contributed by atoms with E-state index in [9.17, 15) is 9.59 Å². The first kappa shape index (κ1) is 26.3. The van der Waals surface area contributed by atoms with Crippen LogP contribution in [0.15, 0.2) is 82.5 Å². The van der Waals surface area contributed by atoms with Gasteiger partial charge in [0.1, 0.15) is 0 Å². The molecule has 9 heteroatoms. The maximum absolute atomic E-state index is 12.7. The Balaban J connectivity index is 1.52. The summed E-state index contributed by atoms with van der Waals surface area (Å²) in [4.78, 5) is 26.7. The molecule has 0 spiro atoms. The average molecular weight is 586 g/mol. The first-order valence-corrected chi connectivity index (χ1v) is 16.5. The summed E-state index contributed by atoms with van der Waals surface area (Å²) < 4.78 is 21.6. The molecule has 2 aliphatic heterocycles. The van der Waals surface area contributed by atoms with Crippen molar-refractivity contribution >= 4 is 33.6 Å². The van der Waals surface area contributed by atoms with E-state index in [4.69, 9.17) is 13.9 Å². The molecule has 2 fully saturated rings. The Hall–Kier alpha value is -2.26. The Bertz CT molecular complexity index is 1310. The van der Waals surface area contributed by atoms with Gasteiger partial charge < -0.3 is 0 Å². The predicted molar refractivity (Wildman–Crippen MR) is 147 cm³/mol. The van der Waals surface area contributed by atoms with Crippen LogP contribution in [-0.2, 0) is 13.9 Å². The topological polar surface area (TPSA) is 82.6 Å². The van der Waals surface area contributed by atoms with Crippen LogP contribution in [0, 0.1) is 0 Å². The molecule has 3 aromatic rings. The minimum absolute atomic E-state index is 0.0701. The molecule has 196 valence electrons. The van der Waals surface area contributed by atoms with Crippen LogP contribution in [0.3, 0.4) is 0 Å². The van der Waals surface area contributed by atoms with E-state index >= 15 is 0 Å². The zero-order chi connectivity index (χ0) is 26.4. The van der Waals surface area contributed by atoms with Crippen LogP contribution >= 0.6 is 0 Å². The van der Waals surface area contributed by atoms with Gasteiger partial charge in [-0.05, 0) is 0 Å². The number of ether oxygens (including phenoxy) is 2. The molecular formula is C28H34N2O5SeSi. The van der Waals surface area contributed by atoms with Gasteiger partial charge in [0.15, 0.2) is 0 Å². The monoisotopic (exact) mass is 586 g/mol. The van der Waals surface area contributed by atoms with Gasteiger partial charge in [-0.15, -0.1) is 0 Å². The second-order valence-electron chi connectivity index (χ2n) is 11.1.